The van der Waals surface area contributed by atoms with Gasteiger partial charge in [-0.05, 0) is 83.5 Å². The molecular formula is C83H146NO8+. The third-order valence-electron chi connectivity index (χ3n) is 16.8. The van der Waals surface area contributed by atoms with Crippen LogP contribution < -0.4 is 0 Å². The molecule has 0 heterocycles. The Bertz CT molecular complexity index is 1880. The predicted molar refractivity (Wildman–Crippen MR) is 396 cm³/mol. The van der Waals surface area contributed by atoms with Crippen LogP contribution in [0.15, 0.2) is 109 Å². The van der Waals surface area contributed by atoms with Crippen LogP contribution in [-0.4, -0.2) is 87.4 Å². The molecule has 530 valence electrons. The third-order valence-corrected chi connectivity index (χ3v) is 16.8. The second kappa shape index (κ2) is 72.8. The Balaban J connectivity index is 4.11. The van der Waals surface area contributed by atoms with Crippen LogP contribution >= 0.6 is 0 Å². The van der Waals surface area contributed by atoms with E-state index < -0.39 is 24.3 Å². The van der Waals surface area contributed by atoms with Crippen LogP contribution in [0, 0.1) is 0 Å². The molecule has 9 nitrogen and oxygen atoms in total. The molecule has 0 aromatic rings. The normalized spacial score (nSPS) is 13.3. The maximum absolute atomic E-state index is 13.0. The second-order valence-electron chi connectivity index (χ2n) is 26.9. The minimum Gasteiger partial charge on any atom is -0.477 e. The van der Waals surface area contributed by atoms with Crippen LogP contribution in [0.25, 0.3) is 0 Å². The summed E-state index contributed by atoms with van der Waals surface area (Å²) in [4.78, 5) is 37.7. The van der Waals surface area contributed by atoms with E-state index in [-0.39, 0.29) is 32.2 Å². The van der Waals surface area contributed by atoms with Gasteiger partial charge >= 0.3 is 17.9 Å². The van der Waals surface area contributed by atoms with Gasteiger partial charge in [0.25, 0.3) is 6.29 Å². The molecule has 0 aliphatic heterocycles. The van der Waals surface area contributed by atoms with Gasteiger partial charge in [0.05, 0.1) is 34.4 Å². The minimum atomic E-state index is -1.52. The standard InChI is InChI=1S/C83H145NO8/c1-6-8-10-12-14-16-18-20-22-24-26-28-30-32-34-36-38-40-41-42-44-46-48-50-52-54-56-58-60-62-64-66-68-70-72-74-81(86)92-79(78-91-83(82(87)88)89-76-75-84(3,4)5)77-90-80(85)73-71-69-67-65-63-61-59-57-55-53-51-49-47-45-43-39-37-35-33-31-29-27-25-23-21-19-17-15-13-11-9-7-2/h8,10,14,16,20,22,26,28,32,34,38,40,42,44,48,50,54,56,79,83H,6-7,9,11-13,15,17-19,21,23-25,27,29-31,33,35-37,39,41,43,45-47,49,51-53,55,57-78H2,1-5H3/p+1/b10-8-,16-14-,22-20-,28-26-,34-32-,40-38-,44-42-,50-48-,56-54-. The van der Waals surface area contributed by atoms with Crippen LogP contribution in [-0.2, 0) is 33.3 Å². The molecular weight excluding hydrogens is 1140 g/mol. The van der Waals surface area contributed by atoms with Gasteiger partial charge in [0, 0.05) is 12.8 Å². The Labute approximate surface area is 568 Å². The summed E-state index contributed by atoms with van der Waals surface area (Å²) in [7, 11) is 5.98. The van der Waals surface area contributed by atoms with Gasteiger partial charge in [0.15, 0.2) is 6.10 Å². The molecule has 9 heteroatoms. The molecule has 0 aliphatic carbocycles. The molecule has 0 bridgehead atoms. The number of unbranched alkanes of at least 4 members (excludes halogenated alkanes) is 38. The number of nitrogens with zero attached hydrogens (tertiary/aromatic N) is 1. The first kappa shape index (κ1) is 88.0. The van der Waals surface area contributed by atoms with E-state index in [1.165, 1.54) is 205 Å². The molecule has 0 aromatic heterocycles. The summed E-state index contributed by atoms with van der Waals surface area (Å²) in [6, 6.07) is 0. The number of aliphatic carboxylic acids is 1. The van der Waals surface area contributed by atoms with Crippen molar-refractivity contribution in [3.8, 4) is 0 Å². The Morgan fingerprint density at radius 1 is 0.337 bits per heavy atom. The van der Waals surface area contributed by atoms with Crippen molar-refractivity contribution in [1.82, 2.24) is 0 Å². The highest BCUT2D eigenvalue weighted by Crippen LogP contribution is 2.19. The molecule has 1 N–H and O–H groups in total. The zero-order chi connectivity index (χ0) is 66.8. The lowest BCUT2D eigenvalue weighted by atomic mass is 10.0. The SMILES string of the molecule is CC/C=C\C/C=C\C/C=C\C/C=C\C/C=C\C/C=C\C/C=C\C/C=C\C/C=C\CCCCCCCCCC(=O)OC(COC(=O)CCCCCCCCCCCCCCCCCCCCCCCCCCCCCCCCCC)COC(OCC[N+](C)(C)C)C(=O)O. The second-order valence-corrected chi connectivity index (χ2v) is 26.9. The number of allylic oxidation sites excluding steroid dienone is 18. The topological polar surface area (TPSA) is 108 Å². The highest BCUT2D eigenvalue weighted by atomic mass is 16.7. The first-order valence-corrected chi connectivity index (χ1v) is 38.6. The van der Waals surface area contributed by atoms with Crippen LogP contribution in [0.1, 0.15) is 341 Å². The Kier molecular flexibility index (Phi) is 69.6. The van der Waals surface area contributed by atoms with Crippen LogP contribution in [0.5, 0.6) is 0 Å². The summed E-state index contributed by atoms with van der Waals surface area (Å²) in [6.45, 7) is 4.79. The van der Waals surface area contributed by atoms with E-state index in [1.807, 2.05) is 21.1 Å². The van der Waals surface area contributed by atoms with Crippen molar-refractivity contribution in [2.75, 3.05) is 47.5 Å². The van der Waals surface area contributed by atoms with Gasteiger partial charge < -0.3 is 28.5 Å². The Morgan fingerprint density at radius 2 is 0.620 bits per heavy atom. The summed E-state index contributed by atoms with van der Waals surface area (Å²) < 4.78 is 23.0. The average molecular weight is 1290 g/mol. The van der Waals surface area contributed by atoms with Crippen molar-refractivity contribution < 1.29 is 42.9 Å². The first-order valence-electron chi connectivity index (χ1n) is 38.6. The summed E-state index contributed by atoms with van der Waals surface area (Å²) in [6.07, 6.45) is 99.4. The van der Waals surface area contributed by atoms with Gasteiger partial charge in [-0.1, -0.05) is 354 Å². The zero-order valence-electron chi connectivity index (χ0n) is 60.7. The molecule has 92 heavy (non-hydrogen) atoms. The van der Waals surface area contributed by atoms with Gasteiger partial charge in [-0.2, -0.15) is 0 Å². The summed E-state index contributed by atoms with van der Waals surface area (Å²) in [5, 5.41) is 9.77. The highest BCUT2D eigenvalue weighted by molar-refractivity contribution is 5.71. The van der Waals surface area contributed by atoms with Gasteiger partial charge in [-0.15, -0.1) is 0 Å². The Hall–Kier alpha value is -4.05. The maximum Gasteiger partial charge on any atom is 0.361 e. The van der Waals surface area contributed by atoms with E-state index in [9.17, 15) is 19.5 Å². The summed E-state index contributed by atoms with van der Waals surface area (Å²) in [5.41, 5.74) is 0. The number of hydrogen-bond acceptors (Lipinski definition) is 7. The lowest BCUT2D eigenvalue weighted by molar-refractivity contribution is -0.870. The number of carbonyl (C=O) groups excluding carboxylic acids is 2. The fourth-order valence-corrected chi connectivity index (χ4v) is 11.0. The highest BCUT2D eigenvalue weighted by Gasteiger charge is 2.25. The van der Waals surface area contributed by atoms with Crippen molar-refractivity contribution in [3.05, 3.63) is 109 Å². The van der Waals surface area contributed by atoms with Gasteiger partial charge in [-0.3, -0.25) is 9.59 Å². The number of quaternary nitrogens is 1. The quantitative estimate of drug-likeness (QED) is 0.0211. The van der Waals surface area contributed by atoms with E-state index in [4.69, 9.17) is 18.9 Å². The van der Waals surface area contributed by atoms with E-state index in [0.717, 1.165) is 103 Å². The van der Waals surface area contributed by atoms with Crippen molar-refractivity contribution in [3.63, 3.8) is 0 Å². The number of rotatable bonds is 71. The number of carbonyl (C=O) groups is 3. The monoisotopic (exact) mass is 1290 g/mol. The summed E-state index contributed by atoms with van der Waals surface area (Å²) in [5.74, 6) is -2.01. The largest absolute Gasteiger partial charge is 0.477 e. The molecule has 0 aromatic carbocycles. The van der Waals surface area contributed by atoms with Gasteiger partial charge in [0.2, 0.25) is 0 Å². The van der Waals surface area contributed by atoms with E-state index in [2.05, 4.69) is 123 Å². The molecule has 0 fully saturated rings. The summed E-state index contributed by atoms with van der Waals surface area (Å²) >= 11 is 0. The maximum atomic E-state index is 13.0. The van der Waals surface area contributed by atoms with Gasteiger partial charge in [0.1, 0.15) is 13.2 Å². The number of carboxylic acids is 1. The fourth-order valence-electron chi connectivity index (χ4n) is 11.0. The number of esters is 2. The fraction of sp³-hybridized carbons (Fsp3) is 0.747. The predicted octanol–water partition coefficient (Wildman–Crippen LogP) is 24.5. The van der Waals surface area contributed by atoms with Crippen LogP contribution in [0.4, 0.5) is 0 Å². The first-order chi connectivity index (χ1) is 45.1. The number of carboxylic acid groups (broad SMARTS) is 1. The Morgan fingerprint density at radius 3 is 0.924 bits per heavy atom. The lowest BCUT2D eigenvalue weighted by Gasteiger charge is -2.25. The number of hydrogen-bond donors (Lipinski definition) is 1. The van der Waals surface area contributed by atoms with Crippen molar-refractivity contribution in [2.24, 2.45) is 0 Å². The van der Waals surface area contributed by atoms with Gasteiger partial charge in [-0.25, -0.2) is 4.79 Å². The lowest BCUT2D eigenvalue weighted by Crippen LogP contribution is -2.40. The number of likely N-dealkylation sites (N-methyl/N-ethyl adjacent to an activating group) is 1. The molecule has 2 atom stereocenters. The van der Waals surface area contributed by atoms with E-state index in [1.54, 1.807) is 0 Å². The van der Waals surface area contributed by atoms with Crippen LogP contribution in [0.2, 0.25) is 0 Å². The van der Waals surface area contributed by atoms with Crippen molar-refractivity contribution in [1.29, 1.82) is 0 Å². The van der Waals surface area contributed by atoms with Crippen molar-refractivity contribution >= 4 is 17.9 Å². The molecule has 0 amide bonds. The van der Waals surface area contributed by atoms with E-state index >= 15 is 0 Å². The minimum absolute atomic E-state index is 0.182. The molecule has 2 unspecified atom stereocenters. The molecule has 0 rings (SSSR count). The van der Waals surface area contributed by atoms with Crippen LogP contribution in [0.3, 0.4) is 0 Å². The molecule has 0 aliphatic rings. The molecule has 0 saturated carbocycles. The number of ether oxygens (including phenoxy) is 4. The van der Waals surface area contributed by atoms with Crippen molar-refractivity contribution in [2.45, 2.75) is 354 Å². The molecule has 0 radical (unpaired) electrons. The molecule has 0 spiro atoms. The van der Waals surface area contributed by atoms with E-state index in [0.29, 0.717) is 23.9 Å². The third kappa shape index (κ3) is 73.4. The smallest absolute Gasteiger partial charge is 0.361 e. The zero-order valence-corrected chi connectivity index (χ0v) is 60.7. The molecule has 0 saturated heterocycles. The average Bonchev–Trinajstić information content (AvgIpc) is 3.70.